The highest BCUT2D eigenvalue weighted by Gasteiger charge is 2.56. The second-order valence-corrected chi connectivity index (χ2v) is 10.2. The SMILES string of the molecule is CC(C)[C@@H]1CC[C@@H](C)[C@@H]2C(C(=O)O[C@@H]3C[C@H](C)CC[C@H]3C(C)C)C(=O)O[C@H]21. The van der Waals surface area contributed by atoms with Gasteiger partial charge in [-0.3, -0.25) is 9.59 Å². The normalized spacial score (nSPS) is 42.1. The van der Waals surface area contributed by atoms with E-state index < -0.39 is 5.92 Å². The number of fused-ring (bicyclic) bond motifs is 1. The van der Waals surface area contributed by atoms with Gasteiger partial charge in [-0.15, -0.1) is 0 Å². The molecule has 3 aliphatic rings. The van der Waals surface area contributed by atoms with Gasteiger partial charge in [-0.05, 0) is 61.2 Å². The highest BCUT2D eigenvalue weighted by Crippen LogP contribution is 2.48. The van der Waals surface area contributed by atoms with Crippen LogP contribution in [0.1, 0.15) is 73.6 Å². The summed E-state index contributed by atoms with van der Waals surface area (Å²) >= 11 is 0. The maximum absolute atomic E-state index is 13.2. The summed E-state index contributed by atoms with van der Waals surface area (Å²) < 4.78 is 11.8. The minimum absolute atomic E-state index is 0.0235. The highest BCUT2D eigenvalue weighted by atomic mass is 16.6. The Hall–Kier alpha value is -1.06. The lowest BCUT2D eigenvalue weighted by molar-refractivity contribution is -0.166. The van der Waals surface area contributed by atoms with Crippen LogP contribution in [-0.4, -0.2) is 24.1 Å². The number of carbonyl (C=O) groups excluding carboxylic acids is 2. The minimum Gasteiger partial charge on any atom is -0.461 e. The van der Waals surface area contributed by atoms with Crippen LogP contribution in [0.2, 0.25) is 0 Å². The van der Waals surface area contributed by atoms with Crippen LogP contribution < -0.4 is 0 Å². The lowest BCUT2D eigenvalue weighted by Gasteiger charge is -2.40. The Morgan fingerprint density at radius 3 is 2.26 bits per heavy atom. The average Bonchev–Trinajstić information content (AvgIpc) is 2.92. The van der Waals surface area contributed by atoms with Gasteiger partial charge in [-0.25, -0.2) is 0 Å². The van der Waals surface area contributed by atoms with E-state index in [1.54, 1.807) is 0 Å². The monoisotopic (exact) mass is 378 g/mol. The molecule has 0 radical (unpaired) electrons. The zero-order chi connectivity index (χ0) is 19.9. The van der Waals surface area contributed by atoms with E-state index in [4.69, 9.17) is 9.47 Å². The number of rotatable bonds is 4. The summed E-state index contributed by atoms with van der Waals surface area (Å²) in [7, 11) is 0. The van der Waals surface area contributed by atoms with Crippen LogP contribution in [0.4, 0.5) is 0 Å². The van der Waals surface area contributed by atoms with Gasteiger partial charge < -0.3 is 9.47 Å². The molecule has 1 heterocycles. The molecule has 4 heteroatoms. The maximum Gasteiger partial charge on any atom is 0.321 e. The first-order valence-electron chi connectivity index (χ1n) is 11.1. The second-order valence-electron chi connectivity index (χ2n) is 10.2. The van der Waals surface area contributed by atoms with Gasteiger partial charge in [0.2, 0.25) is 0 Å². The fourth-order valence-electron chi connectivity index (χ4n) is 5.91. The summed E-state index contributed by atoms with van der Waals surface area (Å²) in [6.07, 6.45) is 5.15. The molecule has 0 bridgehead atoms. The van der Waals surface area contributed by atoms with E-state index in [0.29, 0.717) is 35.5 Å². The highest BCUT2D eigenvalue weighted by molar-refractivity contribution is 5.97. The van der Waals surface area contributed by atoms with E-state index >= 15 is 0 Å². The third-order valence-corrected chi connectivity index (χ3v) is 7.64. The molecule has 0 amide bonds. The fraction of sp³-hybridized carbons (Fsp3) is 0.913. The van der Waals surface area contributed by atoms with Gasteiger partial charge in [0, 0.05) is 5.92 Å². The predicted molar refractivity (Wildman–Crippen MR) is 105 cm³/mol. The molecule has 0 aromatic heterocycles. The van der Waals surface area contributed by atoms with Crippen molar-refractivity contribution in [3.63, 3.8) is 0 Å². The van der Waals surface area contributed by atoms with Crippen molar-refractivity contribution in [2.45, 2.75) is 85.9 Å². The van der Waals surface area contributed by atoms with Crippen molar-refractivity contribution < 1.29 is 19.1 Å². The molecule has 3 rings (SSSR count). The van der Waals surface area contributed by atoms with E-state index in [1.165, 1.54) is 6.42 Å². The first kappa shape index (κ1) is 20.7. The van der Waals surface area contributed by atoms with Crippen molar-refractivity contribution in [1.29, 1.82) is 0 Å². The Balaban J connectivity index is 1.76. The van der Waals surface area contributed by atoms with Crippen LogP contribution in [0.25, 0.3) is 0 Å². The van der Waals surface area contributed by atoms with Crippen LogP contribution in [0.3, 0.4) is 0 Å². The molecule has 0 aromatic rings. The van der Waals surface area contributed by atoms with Gasteiger partial charge in [-0.1, -0.05) is 48.0 Å². The van der Waals surface area contributed by atoms with E-state index in [1.807, 2.05) is 0 Å². The Morgan fingerprint density at radius 1 is 1.00 bits per heavy atom. The molecule has 154 valence electrons. The molecule has 2 saturated carbocycles. The van der Waals surface area contributed by atoms with Crippen molar-refractivity contribution >= 4 is 11.9 Å². The van der Waals surface area contributed by atoms with Gasteiger partial charge in [0.25, 0.3) is 0 Å². The molecule has 0 N–H and O–H groups in total. The molecule has 0 aromatic carbocycles. The molecule has 1 aliphatic heterocycles. The third kappa shape index (κ3) is 4.05. The molecule has 1 unspecified atom stereocenters. The van der Waals surface area contributed by atoms with Crippen LogP contribution in [0.5, 0.6) is 0 Å². The predicted octanol–water partition coefficient (Wildman–Crippen LogP) is 4.85. The zero-order valence-corrected chi connectivity index (χ0v) is 17.9. The zero-order valence-electron chi connectivity index (χ0n) is 17.9. The van der Waals surface area contributed by atoms with Gasteiger partial charge in [0.1, 0.15) is 12.2 Å². The summed E-state index contributed by atoms with van der Waals surface area (Å²) in [6, 6.07) is 0. The van der Waals surface area contributed by atoms with Crippen molar-refractivity contribution in [2.24, 2.45) is 47.3 Å². The Kier molecular flexibility index (Phi) is 6.22. The molecule has 3 fully saturated rings. The standard InChI is InChI=1S/C23H38O4/c1-12(2)16-9-7-14(5)11-18(16)26-22(24)20-19-15(6)8-10-17(13(3)4)21(19)27-23(20)25/h12-21H,7-11H2,1-6H3/t14-,15-,16+,17+,18-,19-,20?,21+/m1/s1. The van der Waals surface area contributed by atoms with E-state index in [2.05, 4.69) is 41.5 Å². The Morgan fingerprint density at radius 2 is 1.63 bits per heavy atom. The molecule has 2 aliphatic carbocycles. The van der Waals surface area contributed by atoms with Gasteiger partial charge in [0.05, 0.1) is 0 Å². The molecule has 0 spiro atoms. The van der Waals surface area contributed by atoms with Crippen LogP contribution in [0, 0.1) is 47.3 Å². The van der Waals surface area contributed by atoms with Crippen molar-refractivity contribution in [3.8, 4) is 0 Å². The number of esters is 2. The molecular weight excluding hydrogens is 340 g/mol. The van der Waals surface area contributed by atoms with E-state index in [0.717, 1.165) is 25.7 Å². The van der Waals surface area contributed by atoms with Crippen LogP contribution in [0.15, 0.2) is 0 Å². The van der Waals surface area contributed by atoms with Gasteiger partial charge in [-0.2, -0.15) is 0 Å². The number of hydrogen-bond donors (Lipinski definition) is 0. The number of carbonyl (C=O) groups is 2. The molecule has 1 saturated heterocycles. The van der Waals surface area contributed by atoms with Crippen LogP contribution >= 0.6 is 0 Å². The average molecular weight is 379 g/mol. The first-order chi connectivity index (χ1) is 12.7. The smallest absolute Gasteiger partial charge is 0.321 e. The van der Waals surface area contributed by atoms with Gasteiger partial charge in [0.15, 0.2) is 5.92 Å². The molecule has 4 nitrogen and oxygen atoms in total. The fourth-order valence-corrected chi connectivity index (χ4v) is 5.91. The van der Waals surface area contributed by atoms with E-state index in [9.17, 15) is 9.59 Å². The lowest BCUT2D eigenvalue weighted by Crippen LogP contribution is -2.43. The number of ether oxygens (including phenoxy) is 2. The number of hydrogen-bond acceptors (Lipinski definition) is 4. The minimum atomic E-state index is -0.725. The molecule has 27 heavy (non-hydrogen) atoms. The first-order valence-corrected chi connectivity index (χ1v) is 11.1. The Bertz CT molecular complexity index is 555. The summed E-state index contributed by atoms with van der Waals surface area (Å²) in [5.41, 5.74) is 0. The second kappa shape index (κ2) is 8.13. The summed E-state index contributed by atoms with van der Waals surface area (Å²) in [5.74, 6) is 1.15. The van der Waals surface area contributed by atoms with Gasteiger partial charge >= 0.3 is 11.9 Å². The van der Waals surface area contributed by atoms with E-state index in [-0.39, 0.29) is 30.1 Å². The summed E-state index contributed by atoms with van der Waals surface area (Å²) in [4.78, 5) is 25.8. The Labute approximate surface area is 164 Å². The molecular formula is C23H38O4. The largest absolute Gasteiger partial charge is 0.461 e. The summed E-state index contributed by atoms with van der Waals surface area (Å²) in [5, 5.41) is 0. The quantitative estimate of drug-likeness (QED) is 0.518. The maximum atomic E-state index is 13.2. The van der Waals surface area contributed by atoms with Crippen molar-refractivity contribution in [3.05, 3.63) is 0 Å². The third-order valence-electron chi connectivity index (χ3n) is 7.64. The van der Waals surface area contributed by atoms with Crippen LogP contribution in [-0.2, 0) is 19.1 Å². The van der Waals surface area contributed by atoms with Crippen molar-refractivity contribution in [1.82, 2.24) is 0 Å². The topological polar surface area (TPSA) is 52.6 Å². The molecule has 8 atom stereocenters. The van der Waals surface area contributed by atoms with Crippen molar-refractivity contribution in [2.75, 3.05) is 0 Å². The lowest BCUT2D eigenvalue weighted by atomic mass is 9.66. The summed E-state index contributed by atoms with van der Waals surface area (Å²) in [6.45, 7) is 13.2.